The van der Waals surface area contributed by atoms with Crippen molar-refractivity contribution in [2.45, 2.75) is 6.92 Å². The summed E-state index contributed by atoms with van der Waals surface area (Å²) >= 11 is 0. The van der Waals surface area contributed by atoms with E-state index >= 15 is 0 Å². The van der Waals surface area contributed by atoms with Gasteiger partial charge in [0.15, 0.2) is 0 Å². The molecule has 5 aromatic rings. The van der Waals surface area contributed by atoms with Gasteiger partial charge in [0.25, 0.3) is 0 Å². The zero-order chi connectivity index (χ0) is 16.1. The second-order valence-electron chi connectivity index (χ2n) is 6.35. The maximum atomic E-state index is 6.15. The van der Waals surface area contributed by atoms with Crippen molar-refractivity contribution in [1.29, 1.82) is 0 Å². The molecule has 0 aliphatic heterocycles. The van der Waals surface area contributed by atoms with E-state index in [0.29, 0.717) is 0 Å². The maximum absolute atomic E-state index is 6.15. The molecule has 0 radical (unpaired) electrons. The Morgan fingerprint density at radius 1 is 0.667 bits per heavy atom. The Hall–Kier alpha value is -3.06. The van der Waals surface area contributed by atoms with Crippen molar-refractivity contribution in [3.05, 3.63) is 84.4 Å². The summed E-state index contributed by atoms with van der Waals surface area (Å²) in [7, 11) is 0. The van der Waals surface area contributed by atoms with Gasteiger partial charge in [-0.3, -0.25) is 0 Å². The normalized spacial score (nSPS) is 11.5. The van der Waals surface area contributed by atoms with E-state index in [2.05, 4.69) is 85.8 Å². The van der Waals surface area contributed by atoms with Crippen molar-refractivity contribution < 1.29 is 4.42 Å². The van der Waals surface area contributed by atoms with Crippen molar-refractivity contribution in [2.24, 2.45) is 0 Å². The molecule has 0 unspecified atom stereocenters. The van der Waals surface area contributed by atoms with Gasteiger partial charge in [0, 0.05) is 10.8 Å². The van der Waals surface area contributed by atoms with Crippen LogP contribution in [-0.2, 0) is 0 Å². The molecular weight excluding hydrogens is 292 g/mol. The van der Waals surface area contributed by atoms with Crippen LogP contribution in [0.5, 0.6) is 0 Å². The van der Waals surface area contributed by atoms with Gasteiger partial charge in [-0.1, -0.05) is 66.2 Å². The summed E-state index contributed by atoms with van der Waals surface area (Å²) in [5.41, 5.74) is 5.62. The number of benzene rings is 4. The lowest BCUT2D eigenvalue weighted by atomic mass is 9.97. The first-order chi connectivity index (χ1) is 11.8. The van der Waals surface area contributed by atoms with Gasteiger partial charge in [-0.2, -0.15) is 0 Å². The predicted octanol–water partition coefficient (Wildman–Crippen LogP) is 6.71. The van der Waals surface area contributed by atoms with Crippen molar-refractivity contribution in [1.82, 2.24) is 0 Å². The van der Waals surface area contributed by atoms with Crippen molar-refractivity contribution >= 4 is 32.7 Å². The molecule has 1 heteroatoms. The minimum atomic E-state index is 0.944. The molecule has 0 saturated carbocycles. The Bertz CT molecular complexity index is 1210. The summed E-state index contributed by atoms with van der Waals surface area (Å²) in [6, 6.07) is 27.8. The van der Waals surface area contributed by atoms with E-state index in [1.807, 2.05) is 0 Å². The number of fused-ring (bicyclic) bond motifs is 4. The van der Waals surface area contributed by atoms with Crippen LogP contribution < -0.4 is 0 Å². The third kappa shape index (κ3) is 1.95. The first kappa shape index (κ1) is 13.4. The highest BCUT2D eigenvalue weighted by Crippen LogP contribution is 2.38. The standard InChI is InChI=1S/C23H16O/c1-15-6-4-9-18(12-15)19-10-5-11-21-23(19)20-13-16-7-2-3-8-17(16)14-22(20)24-21/h2-14H,1H3. The van der Waals surface area contributed by atoms with Crippen LogP contribution in [-0.4, -0.2) is 0 Å². The van der Waals surface area contributed by atoms with Crippen LogP contribution in [0.3, 0.4) is 0 Å². The third-order valence-corrected chi connectivity index (χ3v) is 4.69. The number of hydrogen-bond donors (Lipinski definition) is 0. The van der Waals surface area contributed by atoms with E-state index in [1.165, 1.54) is 38.2 Å². The largest absolute Gasteiger partial charge is 0.456 e. The molecule has 114 valence electrons. The Kier molecular flexibility index (Phi) is 2.77. The van der Waals surface area contributed by atoms with E-state index < -0.39 is 0 Å². The quantitative estimate of drug-likeness (QED) is 0.335. The van der Waals surface area contributed by atoms with Gasteiger partial charge < -0.3 is 4.42 Å². The molecule has 0 spiro atoms. The fourth-order valence-electron chi connectivity index (χ4n) is 3.56. The van der Waals surface area contributed by atoms with Crippen LogP contribution in [0.1, 0.15) is 5.56 Å². The lowest BCUT2D eigenvalue weighted by Crippen LogP contribution is -1.81. The summed E-state index contributed by atoms with van der Waals surface area (Å²) in [5, 5.41) is 4.83. The van der Waals surface area contributed by atoms with Crippen molar-refractivity contribution in [3.63, 3.8) is 0 Å². The van der Waals surface area contributed by atoms with Crippen molar-refractivity contribution in [2.75, 3.05) is 0 Å². The fraction of sp³-hybridized carbons (Fsp3) is 0.0435. The van der Waals surface area contributed by atoms with Gasteiger partial charge >= 0.3 is 0 Å². The molecule has 0 amide bonds. The van der Waals surface area contributed by atoms with Crippen LogP contribution >= 0.6 is 0 Å². The molecule has 0 saturated heterocycles. The molecule has 0 aliphatic rings. The zero-order valence-electron chi connectivity index (χ0n) is 13.4. The molecule has 24 heavy (non-hydrogen) atoms. The molecule has 1 aromatic heterocycles. The Balaban J connectivity index is 1.93. The second kappa shape index (κ2) is 4.97. The molecule has 0 N–H and O–H groups in total. The number of hydrogen-bond acceptors (Lipinski definition) is 1. The highest BCUT2D eigenvalue weighted by molar-refractivity contribution is 6.15. The average molecular weight is 308 g/mol. The van der Waals surface area contributed by atoms with E-state index in [1.54, 1.807) is 0 Å². The molecule has 0 bridgehead atoms. The lowest BCUT2D eigenvalue weighted by Gasteiger charge is -2.05. The molecule has 0 aliphatic carbocycles. The van der Waals surface area contributed by atoms with E-state index in [-0.39, 0.29) is 0 Å². The summed E-state index contributed by atoms with van der Waals surface area (Å²) < 4.78 is 6.15. The number of rotatable bonds is 1. The van der Waals surface area contributed by atoms with Crippen LogP contribution in [0.2, 0.25) is 0 Å². The summed E-state index contributed by atoms with van der Waals surface area (Å²) in [6.07, 6.45) is 0. The summed E-state index contributed by atoms with van der Waals surface area (Å²) in [6.45, 7) is 2.13. The maximum Gasteiger partial charge on any atom is 0.136 e. The highest BCUT2D eigenvalue weighted by atomic mass is 16.3. The third-order valence-electron chi connectivity index (χ3n) is 4.69. The van der Waals surface area contributed by atoms with Crippen LogP contribution in [0.15, 0.2) is 83.3 Å². The smallest absolute Gasteiger partial charge is 0.136 e. The van der Waals surface area contributed by atoms with Gasteiger partial charge in [-0.05, 0) is 47.0 Å². The summed E-state index contributed by atoms with van der Waals surface area (Å²) in [4.78, 5) is 0. The molecule has 0 atom stereocenters. The van der Waals surface area contributed by atoms with Gasteiger partial charge in [0.1, 0.15) is 11.2 Å². The fourth-order valence-corrected chi connectivity index (χ4v) is 3.56. The predicted molar refractivity (Wildman–Crippen MR) is 101 cm³/mol. The topological polar surface area (TPSA) is 13.1 Å². The lowest BCUT2D eigenvalue weighted by molar-refractivity contribution is 0.669. The van der Waals surface area contributed by atoms with E-state index in [4.69, 9.17) is 4.42 Å². The molecule has 5 rings (SSSR count). The van der Waals surface area contributed by atoms with Gasteiger partial charge in [-0.15, -0.1) is 0 Å². The molecule has 1 nitrogen and oxygen atoms in total. The number of furan rings is 1. The Morgan fingerprint density at radius 3 is 2.29 bits per heavy atom. The van der Waals surface area contributed by atoms with Crippen molar-refractivity contribution in [3.8, 4) is 11.1 Å². The van der Waals surface area contributed by atoms with Gasteiger partial charge in [0.05, 0.1) is 0 Å². The number of aryl methyl sites for hydroxylation is 1. The average Bonchev–Trinajstić information content (AvgIpc) is 2.97. The Morgan fingerprint density at radius 2 is 1.46 bits per heavy atom. The minimum Gasteiger partial charge on any atom is -0.456 e. The van der Waals surface area contributed by atoms with Gasteiger partial charge in [-0.25, -0.2) is 0 Å². The second-order valence-corrected chi connectivity index (χ2v) is 6.35. The monoisotopic (exact) mass is 308 g/mol. The molecular formula is C23H16O. The Labute approximate surface area is 140 Å². The first-order valence-corrected chi connectivity index (χ1v) is 8.21. The van der Waals surface area contributed by atoms with Gasteiger partial charge in [0.2, 0.25) is 0 Å². The summed E-state index contributed by atoms with van der Waals surface area (Å²) in [5.74, 6) is 0. The minimum absolute atomic E-state index is 0.944. The SMILES string of the molecule is Cc1cccc(-c2cccc3oc4cc5ccccc5cc4c23)c1. The molecule has 4 aromatic carbocycles. The first-order valence-electron chi connectivity index (χ1n) is 8.21. The van der Waals surface area contributed by atoms with Crippen LogP contribution in [0.25, 0.3) is 43.8 Å². The zero-order valence-corrected chi connectivity index (χ0v) is 13.4. The van der Waals surface area contributed by atoms with E-state index in [9.17, 15) is 0 Å². The highest BCUT2D eigenvalue weighted by Gasteiger charge is 2.13. The molecule has 0 fully saturated rings. The molecule has 1 heterocycles. The van der Waals surface area contributed by atoms with E-state index in [0.717, 1.165) is 11.2 Å². The van der Waals surface area contributed by atoms with Crippen LogP contribution in [0, 0.1) is 6.92 Å². The van der Waals surface area contributed by atoms with Crippen LogP contribution in [0.4, 0.5) is 0 Å².